The van der Waals surface area contributed by atoms with E-state index in [9.17, 15) is 9.59 Å². The average Bonchev–Trinajstić information content (AvgIpc) is 3.01. The molecule has 28 heavy (non-hydrogen) atoms. The van der Waals surface area contributed by atoms with Crippen molar-refractivity contribution in [2.45, 2.75) is 26.4 Å². The van der Waals surface area contributed by atoms with Gasteiger partial charge in [0.05, 0.1) is 22.7 Å². The molecule has 3 aromatic rings. The van der Waals surface area contributed by atoms with E-state index in [1.807, 2.05) is 0 Å². The highest BCUT2D eigenvalue weighted by atomic mass is 32.1. The average molecular weight is 403 g/mol. The van der Waals surface area contributed by atoms with Crippen LogP contribution in [0.2, 0.25) is 0 Å². The van der Waals surface area contributed by atoms with E-state index in [2.05, 4.69) is 5.10 Å². The Morgan fingerprint density at radius 2 is 1.96 bits per heavy atom. The zero-order valence-electron chi connectivity index (χ0n) is 15.8. The summed E-state index contributed by atoms with van der Waals surface area (Å²) in [5, 5.41) is 15.6. The Kier molecular flexibility index (Phi) is 5.39. The summed E-state index contributed by atoms with van der Waals surface area (Å²) in [6, 6.07) is 6.56. The molecule has 8 nitrogen and oxygen atoms in total. The van der Waals surface area contributed by atoms with Gasteiger partial charge >= 0.3 is 5.97 Å². The minimum Gasteiger partial charge on any atom is -0.491 e. The Morgan fingerprint density at radius 3 is 2.57 bits per heavy atom. The van der Waals surface area contributed by atoms with Gasteiger partial charge in [-0.2, -0.15) is 9.78 Å². The molecule has 0 aliphatic heterocycles. The zero-order chi connectivity index (χ0) is 20.5. The van der Waals surface area contributed by atoms with Gasteiger partial charge in [0.2, 0.25) is 0 Å². The molecule has 2 aromatic heterocycles. The van der Waals surface area contributed by atoms with Gasteiger partial charge in [-0.05, 0) is 45.0 Å². The Bertz CT molecular complexity index is 1060. The van der Waals surface area contributed by atoms with Crippen molar-refractivity contribution in [1.29, 1.82) is 0 Å². The van der Waals surface area contributed by atoms with Crippen LogP contribution in [0.15, 0.2) is 34.4 Å². The van der Waals surface area contributed by atoms with Crippen molar-refractivity contribution in [2.24, 2.45) is 0 Å². The van der Waals surface area contributed by atoms with E-state index < -0.39 is 17.1 Å². The molecule has 0 atom stereocenters. The van der Waals surface area contributed by atoms with Crippen molar-refractivity contribution in [2.75, 3.05) is 18.9 Å². The lowest BCUT2D eigenvalue weighted by Gasteiger charge is -2.19. The van der Waals surface area contributed by atoms with E-state index in [1.165, 1.54) is 11.3 Å². The minimum absolute atomic E-state index is 0.0260. The first kappa shape index (κ1) is 19.8. The van der Waals surface area contributed by atoms with E-state index in [-0.39, 0.29) is 24.3 Å². The topological polar surface area (TPSA) is 117 Å². The second kappa shape index (κ2) is 7.61. The first-order valence-electron chi connectivity index (χ1n) is 8.58. The maximum Gasteiger partial charge on any atom is 0.360 e. The first-order chi connectivity index (χ1) is 13.2. The Balaban J connectivity index is 2.13. The molecule has 0 fully saturated rings. The van der Waals surface area contributed by atoms with E-state index in [0.29, 0.717) is 21.8 Å². The normalized spacial score (nSPS) is 11.6. The van der Waals surface area contributed by atoms with Crippen LogP contribution in [0.4, 0.5) is 5.00 Å². The highest BCUT2D eigenvalue weighted by Crippen LogP contribution is 2.28. The number of carbonyl (C=O) groups is 1. The van der Waals surface area contributed by atoms with Crippen LogP contribution >= 0.6 is 11.3 Å². The number of aliphatic hydroxyl groups is 1. The quantitative estimate of drug-likeness (QED) is 0.628. The molecule has 0 spiro atoms. The molecule has 2 heterocycles. The molecule has 1 aromatic carbocycles. The van der Waals surface area contributed by atoms with Gasteiger partial charge in [0, 0.05) is 10.8 Å². The molecule has 3 N–H and O–H groups in total. The summed E-state index contributed by atoms with van der Waals surface area (Å²) in [4.78, 5) is 25.6. The highest BCUT2D eigenvalue weighted by Gasteiger charge is 2.25. The summed E-state index contributed by atoms with van der Waals surface area (Å²) in [5.41, 5.74) is 5.32. The number of hydrogen-bond acceptors (Lipinski definition) is 8. The van der Waals surface area contributed by atoms with Gasteiger partial charge in [-0.3, -0.25) is 4.79 Å². The maximum absolute atomic E-state index is 12.9. The van der Waals surface area contributed by atoms with Gasteiger partial charge in [0.1, 0.15) is 18.0 Å². The number of fused-ring (bicyclic) bond motifs is 1. The summed E-state index contributed by atoms with van der Waals surface area (Å²) >= 11 is 1.17. The lowest BCUT2D eigenvalue weighted by atomic mass is 10.2. The molecule has 148 valence electrons. The van der Waals surface area contributed by atoms with Gasteiger partial charge in [0.25, 0.3) is 5.56 Å². The molecule has 0 bridgehead atoms. The predicted molar refractivity (Wildman–Crippen MR) is 107 cm³/mol. The molecule has 0 amide bonds. The van der Waals surface area contributed by atoms with Gasteiger partial charge in [-0.1, -0.05) is 0 Å². The summed E-state index contributed by atoms with van der Waals surface area (Å²) in [6.45, 7) is 5.33. The van der Waals surface area contributed by atoms with Crippen LogP contribution in [0.5, 0.6) is 5.75 Å². The lowest BCUT2D eigenvalue weighted by molar-refractivity contribution is 0.00634. The van der Waals surface area contributed by atoms with Crippen LogP contribution in [0.3, 0.4) is 0 Å². The van der Waals surface area contributed by atoms with Crippen LogP contribution < -0.4 is 16.0 Å². The third kappa shape index (κ3) is 4.00. The van der Waals surface area contributed by atoms with Gasteiger partial charge in [-0.25, -0.2) is 4.79 Å². The van der Waals surface area contributed by atoms with Crippen molar-refractivity contribution < 1.29 is 19.4 Å². The van der Waals surface area contributed by atoms with E-state index in [0.717, 1.165) is 4.68 Å². The number of thiophene rings is 1. The van der Waals surface area contributed by atoms with Crippen molar-refractivity contribution in [3.05, 3.63) is 45.7 Å². The fraction of sp³-hybridized carbons (Fsp3) is 0.316. The second-order valence-electron chi connectivity index (χ2n) is 7.02. The van der Waals surface area contributed by atoms with Gasteiger partial charge in [0.15, 0.2) is 5.69 Å². The lowest BCUT2D eigenvalue weighted by Crippen LogP contribution is -2.28. The molecule has 9 heteroatoms. The third-order valence-corrected chi connectivity index (χ3v) is 4.53. The van der Waals surface area contributed by atoms with Crippen LogP contribution in [0.1, 0.15) is 31.3 Å². The molecule has 0 saturated heterocycles. The minimum atomic E-state index is -0.709. The fourth-order valence-electron chi connectivity index (χ4n) is 2.57. The van der Waals surface area contributed by atoms with Gasteiger partial charge in [-0.15, -0.1) is 11.3 Å². The molecule has 3 rings (SSSR count). The summed E-state index contributed by atoms with van der Waals surface area (Å²) in [6.07, 6.45) is 0. The highest BCUT2D eigenvalue weighted by molar-refractivity contribution is 7.15. The number of carbonyl (C=O) groups excluding carboxylic acids is 1. The number of nitrogens with zero attached hydrogens (tertiary/aromatic N) is 2. The molecular weight excluding hydrogens is 382 g/mol. The molecule has 0 aliphatic carbocycles. The first-order valence-corrected chi connectivity index (χ1v) is 9.46. The predicted octanol–water partition coefficient (Wildman–Crippen LogP) is 2.36. The van der Waals surface area contributed by atoms with Crippen LogP contribution in [0.25, 0.3) is 16.5 Å². The standard InChI is InChI=1S/C19H21N3O5S/c1-19(2,3)27-18(25)15-13-10-28-16(20)14(13)17(24)22(21-15)11-4-6-12(7-5-11)26-9-8-23/h4-7,10,23H,8-9,20H2,1-3H3. The van der Waals surface area contributed by atoms with Crippen molar-refractivity contribution in [1.82, 2.24) is 9.78 Å². The molecule has 0 radical (unpaired) electrons. The van der Waals surface area contributed by atoms with Crippen molar-refractivity contribution in [3.63, 3.8) is 0 Å². The SMILES string of the molecule is CC(C)(C)OC(=O)c1nn(-c2ccc(OCCO)cc2)c(=O)c2c(N)scc12. The number of hydrogen-bond donors (Lipinski definition) is 2. The summed E-state index contributed by atoms with van der Waals surface area (Å²) in [7, 11) is 0. The number of anilines is 1. The number of esters is 1. The zero-order valence-corrected chi connectivity index (χ0v) is 16.6. The molecule has 0 saturated carbocycles. The largest absolute Gasteiger partial charge is 0.491 e. The Morgan fingerprint density at radius 1 is 1.29 bits per heavy atom. The smallest absolute Gasteiger partial charge is 0.360 e. The van der Waals surface area contributed by atoms with Crippen LogP contribution in [0, 0.1) is 0 Å². The number of ether oxygens (including phenoxy) is 2. The molecule has 0 aliphatic rings. The molecular formula is C19H21N3O5S. The van der Waals surface area contributed by atoms with Crippen molar-refractivity contribution in [3.8, 4) is 11.4 Å². The van der Waals surface area contributed by atoms with E-state index >= 15 is 0 Å². The monoisotopic (exact) mass is 403 g/mol. The number of rotatable bonds is 5. The van der Waals surface area contributed by atoms with E-state index in [4.69, 9.17) is 20.3 Å². The van der Waals surface area contributed by atoms with Crippen molar-refractivity contribution >= 4 is 33.1 Å². The second-order valence-corrected chi connectivity index (χ2v) is 7.93. The van der Waals surface area contributed by atoms with Crippen LogP contribution in [-0.2, 0) is 4.74 Å². The molecule has 0 unspecified atom stereocenters. The summed E-state index contributed by atoms with van der Waals surface area (Å²) in [5.74, 6) is -0.0960. The number of aliphatic hydroxyl groups excluding tert-OH is 1. The summed E-state index contributed by atoms with van der Waals surface area (Å²) < 4.78 is 11.9. The number of nitrogen functional groups attached to an aromatic ring is 1. The Labute approximate surface area is 165 Å². The third-order valence-electron chi connectivity index (χ3n) is 3.71. The van der Waals surface area contributed by atoms with Crippen LogP contribution in [-0.4, -0.2) is 39.7 Å². The van der Waals surface area contributed by atoms with Gasteiger partial charge < -0.3 is 20.3 Å². The Hall–Kier alpha value is -2.91. The van der Waals surface area contributed by atoms with E-state index in [1.54, 1.807) is 50.4 Å². The number of benzene rings is 1. The fourth-order valence-corrected chi connectivity index (χ4v) is 3.36. The number of nitrogens with two attached hydrogens (primary N) is 1. The number of aromatic nitrogens is 2. The maximum atomic E-state index is 12.9.